The molecule has 5 rings (SSSR count). The summed E-state index contributed by atoms with van der Waals surface area (Å²) in [5, 5.41) is 11.2. The second-order valence-corrected chi connectivity index (χ2v) is 8.60. The number of pyridine rings is 1. The van der Waals surface area contributed by atoms with Crippen LogP contribution in [-0.2, 0) is 9.59 Å². The number of rotatable bonds is 6. The van der Waals surface area contributed by atoms with Crippen molar-refractivity contribution in [2.24, 2.45) is 0 Å². The Morgan fingerprint density at radius 2 is 1.62 bits per heavy atom. The number of ketones is 1. The smallest absolute Gasteiger partial charge is 0.300 e. The maximum atomic E-state index is 13.3. The lowest BCUT2D eigenvalue weighted by Gasteiger charge is -2.25. The SMILES string of the molecule is COc1ccc(/C(O)=C2/C(=O)C(=O)N(c3ccc(Oc4cccc(C)c4)cc3)C2c2cccnc2)cc1. The van der Waals surface area contributed by atoms with Gasteiger partial charge in [0.1, 0.15) is 23.0 Å². The molecule has 37 heavy (non-hydrogen) atoms. The summed E-state index contributed by atoms with van der Waals surface area (Å²) in [4.78, 5) is 32.1. The number of aliphatic hydroxyl groups is 1. The molecule has 7 heteroatoms. The van der Waals surface area contributed by atoms with Crippen molar-refractivity contribution in [3.05, 3.63) is 120 Å². The van der Waals surface area contributed by atoms with E-state index in [1.165, 1.54) is 4.90 Å². The van der Waals surface area contributed by atoms with Gasteiger partial charge in [0.15, 0.2) is 0 Å². The molecule has 2 heterocycles. The van der Waals surface area contributed by atoms with E-state index in [0.717, 1.165) is 5.56 Å². The second-order valence-electron chi connectivity index (χ2n) is 8.60. The lowest BCUT2D eigenvalue weighted by Crippen LogP contribution is -2.29. The maximum absolute atomic E-state index is 13.3. The highest BCUT2D eigenvalue weighted by Gasteiger charge is 2.47. The van der Waals surface area contributed by atoms with E-state index in [9.17, 15) is 14.7 Å². The number of Topliss-reactive ketones (excluding diaryl/α,β-unsaturated/α-hetero) is 1. The molecule has 0 bridgehead atoms. The van der Waals surface area contributed by atoms with Crippen LogP contribution in [0, 0.1) is 6.92 Å². The van der Waals surface area contributed by atoms with Crippen LogP contribution in [0.25, 0.3) is 5.76 Å². The first-order valence-corrected chi connectivity index (χ1v) is 11.7. The molecule has 1 unspecified atom stereocenters. The molecule has 1 N–H and O–H groups in total. The summed E-state index contributed by atoms with van der Waals surface area (Å²) in [6.07, 6.45) is 3.19. The van der Waals surface area contributed by atoms with Gasteiger partial charge >= 0.3 is 0 Å². The lowest BCUT2D eigenvalue weighted by molar-refractivity contribution is -0.132. The molecule has 0 saturated carbocycles. The Balaban J connectivity index is 1.55. The zero-order valence-electron chi connectivity index (χ0n) is 20.3. The molecule has 1 aromatic heterocycles. The van der Waals surface area contributed by atoms with Crippen LogP contribution in [0.15, 0.2) is 103 Å². The number of methoxy groups -OCH3 is 1. The number of aryl methyl sites for hydroxylation is 1. The normalized spacial score (nSPS) is 16.6. The van der Waals surface area contributed by atoms with E-state index in [-0.39, 0.29) is 11.3 Å². The summed E-state index contributed by atoms with van der Waals surface area (Å²) in [7, 11) is 1.54. The van der Waals surface area contributed by atoms with E-state index in [4.69, 9.17) is 9.47 Å². The van der Waals surface area contributed by atoms with Crippen LogP contribution in [0.1, 0.15) is 22.7 Å². The highest BCUT2D eigenvalue weighted by Crippen LogP contribution is 2.42. The number of nitrogens with zero attached hydrogens (tertiary/aromatic N) is 2. The summed E-state index contributed by atoms with van der Waals surface area (Å²) >= 11 is 0. The summed E-state index contributed by atoms with van der Waals surface area (Å²) in [5.74, 6) is 0.106. The standard InChI is InChI=1S/C30H24N2O5/c1-19-5-3-7-25(17-19)37-24-14-10-22(11-15-24)32-27(21-6-4-16-31-18-21)26(29(34)30(32)35)28(33)20-8-12-23(36-2)13-9-20/h3-18,27,33H,1-2H3/b28-26-. The number of aromatic nitrogens is 1. The van der Waals surface area contributed by atoms with Gasteiger partial charge in [0.25, 0.3) is 11.7 Å². The Morgan fingerprint density at radius 1 is 0.892 bits per heavy atom. The lowest BCUT2D eigenvalue weighted by atomic mass is 9.96. The molecule has 0 spiro atoms. The molecule has 1 aliphatic heterocycles. The number of carbonyl (C=O) groups is 2. The molecule has 4 aromatic rings. The van der Waals surface area contributed by atoms with E-state index in [1.54, 1.807) is 80.2 Å². The van der Waals surface area contributed by atoms with Crippen LogP contribution in [0.4, 0.5) is 5.69 Å². The highest BCUT2D eigenvalue weighted by molar-refractivity contribution is 6.51. The fourth-order valence-electron chi connectivity index (χ4n) is 4.35. The van der Waals surface area contributed by atoms with Gasteiger partial charge in [0.05, 0.1) is 18.7 Å². The van der Waals surface area contributed by atoms with E-state index in [2.05, 4.69) is 4.98 Å². The van der Waals surface area contributed by atoms with Gasteiger partial charge in [-0.25, -0.2) is 0 Å². The minimum Gasteiger partial charge on any atom is -0.507 e. The third-order valence-corrected chi connectivity index (χ3v) is 6.15. The predicted molar refractivity (Wildman–Crippen MR) is 140 cm³/mol. The molecule has 0 aliphatic carbocycles. The van der Waals surface area contributed by atoms with E-state index in [1.807, 2.05) is 31.2 Å². The molecule has 3 aromatic carbocycles. The Labute approximate surface area is 214 Å². The van der Waals surface area contributed by atoms with Crippen molar-refractivity contribution >= 4 is 23.1 Å². The summed E-state index contributed by atoms with van der Waals surface area (Å²) in [6.45, 7) is 1.98. The first-order valence-electron chi connectivity index (χ1n) is 11.7. The van der Waals surface area contributed by atoms with Crippen LogP contribution in [0.2, 0.25) is 0 Å². The molecule has 1 atom stereocenters. The fourth-order valence-corrected chi connectivity index (χ4v) is 4.35. The van der Waals surface area contributed by atoms with Crippen molar-refractivity contribution < 1.29 is 24.2 Å². The molecular formula is C30H24N2O5. The summed E-state index contributed by atoms with van der Waals surface area (Å²) in [6, 6.07) is 23.9. The zero-order valence-corrected chi connectivity index (χ0v) is 20.3. The maximum Gasteiger partial charge on any atom is 0.300 e. The van der Waals surface area contributed by atoms with Gasteiger partial charge in [-0.2, -0.15) is 0 Å². The van der Waals surface area contributed by atoms with Crippen molar-refractivity contribution in [2.45, 2.75) is 13.0 Å². The number of carbonyl (C=O) groups excluding carboxylic acids is 2. The summed E-state index contributed by atoms with van der Waals surface area (Å²) < 4.78 is 11.1. The van der Waals surface area contributed by atoms with Gasteiger partial charge in [-0.15, -0.1) is 0 Å². The van der Waals surface area contributed by atoms with Crippen molar-refractivity contribution in [3.63, 3.8) is 0 Å². The van der Waals surface area contributed by atoms with Crippen LogP contribution in [0.3, 0.4) is 0 Å². The molecule has 184 valence electrons. The monoisotopic (exact) mass is 492 g/mol. The number of hydrogen-bond acceptors (Lipinski definition) is 6. The largest absolute Gasteiger partial charge is 0.507 e. The highest BCUT2D eigenvalue weighted by atomic mass is 16.5. The Morgan fingerprint density at radius 3 is 2.27 bits per heavy atom. The molecular weight excluding hydrogens is 468 g/mol. The quantitative estimate of drug-likeness (QED) is 0.207. The van der Waals surface area contributed by atoms with Crippen molar-refractivity contribution in [1.82, 2.24) is 4.98 Å². The number of aliphatic hydroxyl groups excluding tert-OH is 1. The van der Waals surface area contributed by atoms with Crippen molar-refractivity contribution in [2.75, 3.05) is 12.0 Å². The molecule has 1 fully saturated rings. The number of ether oxygens (including phenoxy) is 2. The van der Waals surface area contributed by atoms with Crippen LogP contribution >= 0.6 is 0 Å². The van der Waals surface area contributed by atoms with Gasteiger partial charge in [-0.1, -0.05) is 18.2 Å². The van der Waals surface area contributed by atoms with Gasteiger partial charge in [-0.3, -0.25) is 19.5 Å². The first kappa shape index (κ1) is 23.8. The van der Waals surface area contributed by atoms with E-state index < -0.39 is 17.7 Å². The zero-order chi connectivity index (χ0) is 25.9. The number of anilines is 1. The Kier molecular flexibility index (Phi) is 6.43. The van der Waals surface area contributed by atoms with Crippen LogP contribution in [-0.4, -0.2) is 28.9 Å². The third kappa shape index (κ3) is 4.67. The van der Waals surface area contributed by atoms with Crippen molar-refractivity contribution in [3.8, 4) is 17.2 Å². The third-order valence-electron chi connectivity index (χ3n) is 6.15. The van der Waals surface area contributed by atoms with Gasteiger partial charge in [0, 0.05) is 23.6 Å². The number of amides is 1. The second kappa shape index (κ2) is 9.99. The van der Waals surface area contributed by atoms with Gasteiger partial charge in [-0.05, 0) is 84.8 Å². The molecule has 1 amide bonds. The minimum atomic E-state index is -0.862. The summed E-state index contributed by atoms with van der Waals surface area (Å²) in [5.41, 5.74) is 2.54. The number of hydrogen-bond donors (Lipinski definition) is 1. The van der Waals surface area contributed by atoms with Gasteiger partial charge in [0.2, 0.25) is 0 Å². The number of benzene rings is 3. The average molecular weight is 493 g/mol. The van der Waals surface area contributed by atoms with E-state index in [0.29, 0.717) is 34.1 Å². The van der Waals surface area contributed by atoms with Crippen LogP contribution < -0.4 is 14.4 Å². The molecule has 1 aliphatic rings. The minimum absolute atomic E-state index is 0.0109. The molecule has 0 radical (unpaired) electrons. The first-order chi connectivity index (χ1) is 18.0. The topological polar surface area (TPSA) is 89.0 Å². The Hall–Kier alpha value is -4.91. The predicted octanol–water partition coefficient (Wildman–Crippen LogP) is 5.82. The molecule has 7 nitrogen and oxygen atoms in total. The fraction of sp³-hybridized carbons (Fsp3) is 0.100. The van der Waals surface area contributed by atoms with Crippen LogP contribution in [0.5, 0.6) is 17.2 Å². The van der Waals surface area contributed by atoms with Gasteiger partial charge < -0.3 is 14.6 Å². The van der Waals surface area contributed by atoms with Crippen molar-refractivity contribution in [1.29, 1.82) is 0 Å². The Bertz CT molecular complexity index is 1480. The molecule has 1 saturated heterocycles. The average Bonchev–Trinajstić information content (AvgIpc) is 3.19. The van der Waals surface area contributed by atoms with E-state index >= 15 is 0 Å².